The van der Waals surface area contributed by atoms with Gasteiger partial charge in [-0.15, -0.1) is 0 Å². The summed E-state index contributed by atoms with van der Waals surface area (Å²) in [6.45, 7) is 9.34. The maximum atomic E-state index is 12.4. The Hall–Kier alpha value is -0.610. The predicted octanol–water partition coefficient (Wildman–Crippen LogP) is 1.79. The molecule has 3 aliphatic rings. The number of amides is 1. The van der Waals surface area contributed by atoms with Crippen LogP contribution in [0.4, 0.5) is 0 Å². The fourth-order valence-electron chi connectivity index (χ4n) is 4.41. The summed E-state index contributed by atoms with van der Waals surface area (Å²) in [6.07, 6.45) is 5.08. The molecule has 4 unspecified atom stereocenters. The number of carbonyl (C=O) groups is 1. The van der Waals surface area contributed by atoms with Crippen LogP contribution in [-0.2, 0) is 9.53 Å². The van der Waals surface area contributed by atoms with Crippen LogP contribution in [0, 0.1) is 11.3 Å². The number of likely N-dealkylation sites (tertiary alicyclic amines) is 1. The largest absolute Gasteiger partial charge is 0.377 e. The van der Waals surface area contributed by atoms with Gasteiger partial charge in [-0.25, -0.2) is 0 Å². The van der Waals surface area contributed by atoms with Gasteiger partial charge in [0.2, 0.25) is 5.91 Å². The molecule has 0 aromatic carbocycles. The molecule has 4 nitrogen and oxygen atoms in total. The van der Waals surface area contributed by atoms with E-state index in [1.165, 1.54) is 6.42 Å². The van der Waals surface area contributed by atoms with E-state index < -0.39 is 0 Å². The molecule has 4 heteroatoms. The van der Waals surface area contributed by atoms with Gasteiger partial charge < -0.3 is 15.0 Å². The van der Waals surface area contributed by atoms with Crippen molar-refractivity contribution in [1.29, 1.82) is 0 Å². The third-order valence-corrected chi connectivity index (χ3v) is 5.55. The van der Waals surface area contributed by atoms with E-state index in [0.29, 0.717) is 18.1 Å². The molecule has 1 aliphatic carbocycles. The molecular weight excluding hydrogens is 252 g/mol. The number of rotatable bonds is 3. The van der Waals surface area contributed by atoms with Crippen LogP contribution in [0.25, 0.3) is 0 Å². The van der Waals surface area contributed by atoms with Crippen molar-refractivity contribution in [2.75, 3.05) is 19.7 Å². The fraction of sp³-hybridized carbons (Fsp3) is 0.938. The zero-order valence-electron chi connectivity index (χ0n) is 13.0. The zero-order chi connectivity index (χ0) is 14.3. The summed E-state index contributed by atoms with van der Waals surface area (Å²) >= 11 is 0. The maximum Gasteiger partial charge on any atom is 0.239 e. The molecule has 2 saturated heterocycles. The highest BCUT2D eigenvalue weighted by atomic mass is 16.5. The van der Waals surface area contributed by atoms with Crippen molar-refractivity contribution in [2.45, 2.75) is 64.6 Å². The van der Waals surface area contributed by atoms with E-state index in [-0.39, 0.29) is 17.4 Å². The third-order valence-electron chi connectivity index (χ3n) is 5.55. The highest BCUT2D eigenvalue weighted by Crippen LogP contribution is 2.51. The lowest BCUT2D eigenvalue weighted by molar-refractivity contribution is -0.194. The van der Waals surface area contributed by atoms with E-state index in [1.807, 2.05) is 11.8 Å². The SMILES string of the molecule is CC(NC1C2CCCOC2C1(C)C)C(=O)N1CCCC1. The second-order valence-electron chi connectivity index (χ2n) is 7.32. The maximum absolute atomic E-state index is 12.4. The Morgan fingerprint density at radius 1 is 1.30 bits per heavy atom. The summed E-state index contributed by atoms with van der Waals surface area (Å²) in [5.74, 6) is 0.867. The van der Waals surface area contributed by atoms with Crippen LogP contribution < -0.4 is 5.32 Å². The average molecular weight is 280 g/mol. The van der Waals surface area contributed by atoms with Crippen molar-refractivity contribution >= 4 is 5.91 Å². The minimum atomic E-state index is -0.0692. The molecule has 20 heavy (non-hydrogen) atoms. The van der Waals surface area contributed by atoms with Gasteiger partial charge in [0, 0.05) is 37.1 Å². The molecule has 0 spiro atoms. The topological polar surface area (TPSA) is 41.6 Å². The van der Waals surface area contributed by atoms with Gasteiger partial charge in [0.05, 0.1) is 12.1 Å². The van der Waals surface area contributed by atoms with Crippen LogP contribution >= 0.6 is 0 Å². The van der Waals surface area contributed by atoms with Crippen LogP contribution in [0.1, 0.15) is 46.5 Å². The van der Waals surface area contributed by atoms with Crippen molar-refractivity contribution in [2.24, 2.45) is 11.3 Å². The first-order chi connectivity index (χ1) is 9.51. The van der Waals surface area contributed by atoms with Gasteiger partial charge in [-0.1, -0.05) is 13.8 Å². The van der Waals surface area contributed by atoms with Crippen LogP contribution in [0.15, 0.2) is 0 Å². The van der Waals surface area contributed by atoms with Crippen LogP contribution in [0.3, 0.4) is 0 Å². The first-order valence-corrected chi connectivity index (χ1v) is 8.18. The molecule has 1 amide bonds. The summed E-state index contributed by atoms with van der Waals surface area (Å²) < 4.78 is 5.93. The third kappa shape index (κ3) is 2.27. The van der Waals surface area contributed by atoms with Gasteiger partial charge >= 0.3 is 0 Å². The molecule has 0 bridgehead atoms. The molecule has 1 N–H and O–H groups in total. The fourth-order valence-corrected chi connectivity index (χ4v) is 4.41. The summed E-state index contributed by atoms with van der Waals surface area (Å²) in [7, 11) is 0. The molecule has 0 aromatic rings. The van der Waals surface area contributed by atoms with E-state index in [4.69, 9.17) is 4.74 Å². The van der Waals surface area contributed by atoms with Gasteiger partial charge in [-0.3, -0.25) is 4.79 Å². The predicted molar refractivity (Wildman–Crippen MR) is 78.4 cm³/mol. The number of fused-ring (bicyclic) bond motifs is 1. The van der Waals surface area contributed by atoms with Crippen LogP contribution in [0.5, 0.6) is 0 Å². The standard InChI is InChI=1S/C16H28N2O2/c1-11(15(19)18-8-4-5-9-18)17-13-12-7-6-10-20-14(12)16(13,2)3/h11-14,17H,4-10H2,1-3H3. The lowest BCUT2D eigenvalue weighted by Gasteiger charge is -2.60. The number of nitrogens with one attached hydrogen (secondary N) is 1. The number of nitrogens with zero attached hydrogens (tertiary/aromatic N) is 1. The molecule has 1 saturated carbocycles. The van der Waals surface area contributed by atoms with E-state index in [9.17, 15) is 4.79 Å². The van der Waals surface area contributed by atoms with Crippen LogP contribution in [-0.4, -0.2) is 48.7 Å². The molecule has 0 radical (unpaired) electrons. The molecule has 3 rings (SSSR count). The van der Waals surface area contributed by atoms with E-state index in [2.05, 4.69) is 19.2 Å². The van der Waals surface area contributed by atoms with E-state index in [0.717, 1.165) is 39.0 Å². The van der Waals surface area contributed by atoms with Crippen LogP contribution in [0.2, 0.25) is 0 Å². The molecule has 2 aliphatic heterocycles. The van der Waals surface area contributed by atoms with E-state index in [1.54, 1.807) is 0 Å². The quantitative estimate of drug-likeness (QED) is 0.857. The van der Waals surface area contributed by atoms with Gasteiger partial charge in [0.1, 0.15) is 0 Å². The number of hydrogen-bond acceptors (Lipinski definition) is 3. The highest BCUT2D eigenvalue weighted by molar-refractivity contribution is 5.81. The molecule has 4 atom stereocenters. The molecule has 114 valence electrons. The normalized spacial score (nSPS) is 37.1. The monoisotopic (exact) mass is 280 g/mol. The Labute approximate surface area is 122 Å². The summed E-state index contributed by atoms with van der Waals surface area (Å²) in [6, 6.07) is 0.342. The molecule has 2 heterocycles. The van der Waals surface area contributed by atoms with Crippen molar-refractivity contribution in [3.63, 3.8) is 0 Å². The smallest absolute Gasteiger partial charge is 0.239 e. The van der Waals surface area contributed by atoms with Gasteiger partial charge in [0.25, 0.3) is 0 Å². The first kappa shape index (κ1) is 14.3. The minimum Gasteiger partial charge on any atom is -0.377 e. The van der Waals surface area contributed by atoms with Gasteiger partial charge in [0.15, 0.2) is 0 Å². The Morgan fingerprint density at radius 3 is 2.70 bits per heavy atom. The Morgan fingerprint density at radius 2 is 2.00 bits per heavy atom. The second-order valence-corrected chi connectivity index (χ2v) is 7.32. The lowest BCUT2D eigenvalue weighted by atomic mass is 9.55. The zero-order valence-corrected chi connectivity index (χ0v) is 13.0. The molecule has 0 aromatic heterocycles. The second kappa shape index (κ2) is 5.30. The Balaban J connectivity index is 1.60. The summed E-state index contributed by atoms with van der Waals surface area (Å²) in [4.78, 5) is 14.4. The molecule has 3 fully saturated rings. The number of ether oxygens (including phenoxy) is 1. The van der Waals surface area contributed by atoms with Crippen molar-refractivity contribution in [1.82, 2.24) is 10.2 Å². The Bertz CT molecular complexity index is 377. The van der Waals surface area contributed by atoms with Crippen molar-refractivity contribution in [3.8, 4) is 0 Å². The summed E-state index contributed by atoms with van der Waals surface area (Å²) in [5, 5.41) is 3.61. The Kier molecular flexibility index (Phi) is 3.80. The van der Waals surface area contributed by atoms with Crippen molar-refractivity contribution < 1.29 is 9.53 Å². The van der Waals surface area contributed by atoms with Gasteiger partial charge in [-0.2, -0.15) is 0 Å². The number of hydrogen-bond donors (Lipinski definition) is 1. The minimum absolute atomic E-state index is 0.0692. The highest BCUT2D eigenvalue weighted by Gasteiger charge is 2.58. The number of carbonyl (C=O) groups excluding carboxylic acids is 1. The van der Waals surface area contributed by atoms with E-state index >= 15 is 0 Å². The summed E-state index contributed by atoms with van der Waals surface area (Å²) in [5.41, 5.74) is 0.143. The van der Waals surface area contributed by atoms with Crippen molar-refractivity contribution in [3.05, 3.63) is 0 Å². The lowest BCUT2D eigenvalue weighted by Crippen LogP contribution is -2.71. The van der Waals surface area contributed by atoms with Gasteiger partial charge in [-0.05, 0) is 32.6 Å². The average Bonchev–Trinajstić information content (AvgIpc) is 2.97. The first-order valence-electron chi connectivity index (χ1n) is 8.18. The molecular formula is C16H28N2O2.